The van der Waals surface area contributed by atoms with E-state index in [9.17, 15) is 4.79 Å². The summed E-state index contributed by atoms with van der Waals surface area (Å²) >= 11 is 0. The Bertz CT molecular complexity index is 806. The Morgan fingerprint density at radius 3 is 2.34 bits per heavy atom. The largest absolute Gasteiger partial charge is 0.353 e. The van der Waals surface area contributed by atoms with Gasteiger partial charge in [0, 0.05) is 63.0 Å². The lowest BCUT2D eigenvalue weighted by Gasteiger charge is -2.33. The summed E-state index contributed by atoms with van der Waals surface area (Å²) in [6.07, 6.45) is 2.11. The number of hydrogen-bond donors (Lipinski definition) is 0. The van der Waals surface area contributed by atoms with Gasteiger partial charge in [-0.2, -0.15) is 0 Å². The summed E-state index contributed by atoms with van der Waals surface area (Å²) in [5.74, 6) is 1.21. The molecule has 29 heavy (non-hydrogen) atoms. The summed E-state index contributed by atoms with van der Waals surface area (Å²) < 4.78 is 2.21. The van der Waals surface area contributed by atoms with Gasteiger partial charge < -0.3 is 9.47 Å². The molecule has 1 aromatic carbocycles. The molecule has 1 aliphatic rings. The van der Waals surface area contributed by atoms with Crippen molar-refractivity contribution in [3.8, 4) is 0 Å². The third-order valence-corrected chi connectivity index (χ3v) is 6.29. The first kappa shape index (κ1) is 21.6. The van der Waals surface area contributed by atoms with Gasteiger partial charge >= 0.3 is 0 Å². The molecule has 3 rings (SSSR count). The SMILES string of the molecule is Cc1ccc(C2CN(Cc3cccn3C)CC2CN(C(=O)C(C)C)C(C)C)cc1. The normalized spacial score (nSPS) is 20.0. The highest BCUT2D eigenvalue weighted by Crippen LogP contribution is 2.35. The van der Waals surface area contributed by atoms with Crippen LogP contribution < -0.4 is 0 Å². The minimum absolute atomic E-state index is 0.0381. The Kier molecular flexibility index (Phi) is 6.84. The van der Waals surface area contributed by atoms with Gasteiger partial charge in [0.2, 0.25) is 5.91 Å². The lowest BCUT2D eigenvalue weighted by Crippen LogP contribution is -2.43. The summed E-state index contributed by atoms with van der Waals surface area (Å²) in [5.41, 5.74) is 4.03. The van der Waals surface area contributed by atoms with Gasteiger partial charge in [-0.15, -0.1) is 0 Å². The van der Waals surface area contributed by atoms with Gasteiger partial charge in [-0.05, 0) is 44.4 Å². The number of aryl methyl sites for hydroxylation is 2. The Morgan fingerprint density at radius 2 is 1.79 bits per heavy atom. The lowest BCUT2D eigenvalue weighted by atomic mass is 9.87. The summed E-state index contributed by atoms with van der Waals surface area (Å²) in [6.45, 7) is 14.3. The topological polar surface area (TPSA) is 28.5 Å². The molecule has 1 aliphatic heterocycles. The molecule has 0 saturated carbocycles. The molecular formula is C25H37N3O. The van der Waals surface area contributed by atoms with Gasteiger partial charge in [0.1, 0.15) is 0 Å². The van der Waals surface area contributed by atoms with Crippen LogP contribution in [0.15, 0.2) is 42.6 Å². The zero-order valence-corrected chi connectivity index (χ0v) is 18.9. The molecule has 1 saturated heterocycles. The highest BCUT2D eigenvalue weighted by Gasteiger charge is 2.36. The van der Waals surface area contributed by atoms with Crippen LogP contribution in [0.5, 0.6) is 0 Å². The van der Waals surface area contributed by atoms with E-state index in [1.165, 1.54) is 16.8 Å². The molecule has 2 heterocycles. The number of amides is 1. The number of carbonyl (C=O) groups excluding carboxylic acids is 1. The van der Waals surface area contributed by atoms with Gasteiger partial charge in [0.25, 0.3) is 0 Å². The monoisotopic (exact) mass is 395 g/mol. The average molecular weight is 396 g/mol. The third kappa shape index (κ3) is 5.11. The van der Waals surface area contributed by atoms with E-state index < -0.39 is 0 Å². The molecular weight excluding hydrogens is 358 g/mol. The zero-order chi connectivity index (χ0) is 21.1. The standard InChI is InChI=1S/C25H37N3O/c1-18(2)25(29)28(19(3)4)15-22-14-27(16-23-8-7-13-26(23)6)17-24(22)21-11-9-20(5)10-12-21/h7-13,18-19,22,24H,14-17H2,1-6H3. The minimum Gasteiger partial charge on any atom is -0.353 e. The van der Waals surface area contributed by atoms with Crippen LogP contribution in [0.3, 0.4) is 0 Å². The van der Waals surface area contributed by atoms with Crippen LogP contribution in [0.25, 0.3) is 0 Å². The molecule has 4 heteroatoms. The van der Waals surface area contributed by atoms with Gasteiger partial charge in [-0.3, -0.25) is 9.69 Å². The summed E-state index contributed by atoms with van der Waals surface area (Å²) in [6, 6.07) is 13.5. The number of carbonyl (C=O) groups is 1. The first-order chi connectivity index (χ1) is 13.8. The fraction of sp³-hybridized carbons (Fsp3) is 0.560. The van der Waals surface area contributed by atoms with Crippen LogP contribution in [0.1, 0.15) is 50.4 Å². The maximum Gasteiger partial charge on any atom is 0.225 e. The van der Waals surface area contributed by atoms with Crippen molar-refractivity contribution in [2.75, 3.05) is 19.6 Å². The van der Waals surface area contributed by atoms with Crippen LogP contribution in [0.2, 0.25) is 0 Å². The van der Waals surface area contributed by atoms with Crippen molar-refractivity contribution in [1.82, 2.24) is 14.4 Å². The van der Waals surface area contributed by atoms with E-state index in [0.29, 0.717) is 11.8 Å². The molecule has 1 fully saturated rings. The quantitative estimate of drug-likeness (QED) is 0.693. The maximum absolute atomic E-state index is 12.9. The second kappa shape index (κ2) is 9.17. The summed E-state index contributed by atoms with van der Waals surface area (Å²) in [7, 11) is 2.11. The van der Waals surface area contributed by atoms with E-state index in [0.717, 1.165) is 26.2 Å². The Hall–Kier alpha value is -2.07. The highest BCUT2D eigenvalue weighted by atomic mass is 16.2. The number of hydrogen-bond acceptors (Lipinski definition) is 2. The predicted octanol–water partition coefficient (Wildman–Crippen LogP) is 4.44. The van der Waals surface area contributed by atoms with E-state index >= 15 is 0 Å². The van der Waals surface area contributed by atoms with Crippen LogP contribution >= 0.6 is 0 Å². The lowest BCUT2D eigenvalue weighted by molar-refractivity contribution is -0.136. The second-order valence-electron chi connectivity index (χ2n) is 9.32. The molecule has 0 bridgehead atoms. The minimum atomic E-state index is 0.0381. The Balaban J connectivity index is 1.82. The molecule has 2 aromatic rings. The molecule has 0 radical (unpaired) electrons. The molecule has 1 amide bonds. The average Bonchev–Trinajstić information content (AvgIpc) is 3.26. The molecule has 1 aromatic heterocycles. The van der Waals surface area contributed by atoms with Gasteiger partial charge in [0.15, 0.2) is 0 Å². The molecule has 0 aliphatic carbocycles. The molecule has 0 N–H and O–H groups in total. The first-order valence-corrected chi connectivity index (χ1v) is 11.0. The number of likely N-dealkylation sites (tertiary alicyclic amines) is 1. The Labute approximate surface area is 176 Å². The number of benzene rings is 1. The first-order valence-electron chi connectivity index (χ1n) is 11.0. The van der Waals surface area contributed by atoms with Crippen molar-refractivity contribution in [2.45, 2.75) is 53.1 Å². The van der Waals surface area contributed by atoms with E-state index in [1.807, 2.05) is 13.8 Å². The molecule has 158 valence electrons. The number of rotatable bonds is 7. The van der Waals surface area contributed by atoms with Crippen LogP contribution in [0.4, 0.5) is 0 Å². The van der Waals surface area contributed by atoms with Crippen LogP contribution in [-0.2, 0) is 18.4 Å². The molecule has 4 nitrogen and oxygen atoms in total. The van der Waals surface area contributed by atoms with Crippen LogP contribution in [-0.4, -0.2) is 46.0 Å². The van der Waals surface area contributed by atoms with E-state index in [1.54, 1.807) is 0 Å². The van der Waals surface area contributed by atoms with Crippen LogP contribution in [0, 0.1) is 18.8 Å². The second-order valence-corrected chi connectivity index (χ2v) is 9.32. The Morgan fingerprint density at radius 1 is 1.10 bits per heavy atom. The fourth-order valence-corrected chi connectivity index (χ4v) is 4.50. The van der Waals surface area contributed by atoms with Crippen molar-refractivity contribution in [3.63, 3.8) is 0 Å². The number of nitrogens with zero attached hydrogens (tertiary/aromatic N) is 3. The number of aromatic nitrogens is 1. The van der Waals surface area contributed by atoms with Gasteiger partial charge in [-0.25, -0.2) is 0 Å². The van der Waals surface area contributed by atoms with E-state index in [-0.39, 0.29) is 17.9 Å². The smallest absolute Gasteiger partial charge is 0.225 e. The van der Waals surface area contributed by atoms with Crippen molar-refractivity contribution in [1.29, 1.82) is 0 Å². The van der Waals surface area contributed by atoms with Crippen molar-refractivity contribution < 1.29 is 4.79 Å². The summed E-state index contributed by atoms with van der Waals surface area (Å²) in [5, 5.41) is 0. The predicted molar refractivity (Wildman–Crippen MR) is 120 cm³/mol. The fourth-order valence-electron chi connectivity index (χ4n) is 4.50. The van der Waals surface area contributed by atoms with Crippen molar-refractivity contribution >= 4 is 5.91 Å². The highest BCUT2D eigenvalue weighted by molar-refractivity contribution is 5.78. The van der Waals surface area contributed by atoms with Gasteiger partial charge in [0.05, 0.1) is 0 Å². The molecule has 2 atom stereocenters. The van der Waals surface area contributed by atoms with Crippen molar-refractivity contribution in [3.05, 3.63) is 59.4 Å². The zero-order valence-electron chi connectivity index (χ0n) is 18.9. The van der Waals surface area contributed by atoms with Gasteiger partial charge in [-0.1, -0.05) is 43.7 Å². The molecule has 2 unspecified atom stereocenters. The maximum atomic E-state index is 12.9. The molecule has 0 spiro atoms. The van der Waals surface area contributed by atoms with E-state index in [2.05, 4.69) is 84.8 Å². The summed E-state index contributed by atoms with van der Waals surface area (Å²) in [4.78, 5) is 17.5. The van der Waals surface area contributed by atoms with E-state index in [4.69, 9.17) is 0 Å². The van der Waals surface area contributed by atoms with Crippen molar-refractivity contribution in [2.24, 2.45) is 18.9 Å². The third-order valence-electron chi connectivity index (χ3n) is 6.29.